The van der Waals surface area contributed by atoms with Gasteiger partial charge in [-0.1, -0.05) is 0 Å². The number of nitrogen functional groups attached to an aromatic ring is 1. The molecule has 3 nitrogen and oxygen atoms in total. The highest BCUT2D eigenvalue weighted by molar-refractivity contribution is 5.99. The minimum atomic E-state index is 0.0389. The Hall–Kier alpha value is -1.51. The Labute approximate surface area is 102 Å². The lowest BCUT2D eigenvalue weighted by Gasteiger charge is -2.29. The molecule has 1 heterocycles. The number of benzene rings is 1. The highest BCUT2D eigenvalue weighted by atomic mass is 16.1. The van der Waals surface area contributed by atoms with Crippen molar-refractivity contribution < 1.29 is 4.79 Å². The molecule has 2 atom stereocenters. The fourth-order valence-corrected chi connectivity index (χ4v) is 3.29. The molecule has 2 aliphatic rings. The second-order valence-electron chi connectivity index (χ2n) is 5.31. The molecule has 1 aromatic rings. The zero-order chi connectivity index (χ0) is 12.0. The fraction of sp³-hybridized carbons (Fsp3) is 0.500. The van der Waals surface area contributed by atoms with E-state index in [2.05, 4.69) is 4.90 Å². The van der Waals surface area contributed by atoms with Crippen molar-refractivity contribution in [1.82, 2.24) is 0 Å². The van der Waals surface area contributed by atoms with Crippen LogP contribution in [0.4, 0.5) is 11.4 Å². The summed E-state index contributed by atoms with van der Waals surface area (Å²) in [6.45, 7) is 2.71. The summed E-state index contributed by atoms with van der Waals surface area (Å²) in [4.78, 5) is 13.8. The molecule has 3 rings (SSSR count). The van der Waals surface area contributed by atoms with Crippen molar-refractivity contribution in [3.05, 3.63) is 23.8 Å². The minimum Gasteiger partial charge on any atom is -0.398 e. The number of Topliss-reactive ketones (excluding diaryl/α,β-unsaturated/α-hetero) is 1. The van der Waals surface area contributed by atoms with E-state index in [0.29, 0.717) is 17.3 Å². The van der Waals surface area contributed by atoms with E-state index in [1.807, 2.05) is 18.2 Å². The summed E-state index contributed by atoms with van der Waals surface area (Å²) >= 11 is 0. The maximum atomic E-state index is 11.3. The molecular formula is C14H18N2O. The molecule has 17 heavy (non-hydrogen) atoms. The van der Waals surface area contributed by atoms with Crippen LogP contribution in [-0.2, 0) is 0 Å². The van der Waals surface area contributed by atoms with Gasteiger partial charge >= 0.3 is 0 Å². The van der Waals surface area contributed by atoms with Crippen molar-refractivity contribution in [3.8, 4) is 0 Å². The van der Waals surface area contributed by atoms with Crippen molar-refractivity contribution in [2.45, 2.75) is 32.2 Å². The van der Waals surface area contributed by atoms with Gasteiger partial charge in [-0.25, -0.2) is 0 Å². The molecule has 2 N–H and O–H groups in total. The molecule has 1 saturated carbocycles. The van der Waals surface area contributed by atoms with E-state index in [9.17, 15) is 4.79 Å². The number of hydrogen-bond donors (Lipinski definition) is 1. The third kappa shape index (κ3) is 1.70. The predicted molar refractivity (Wildman–Crippen MR) is 69.3 cm³/mol. The minimum absolute atomic E-state index is 0.0389. The van der Waals surface area contributed by atoms with Gasteiger partial charge in [0.2, 0.25) is 0 Å². The summed E-state index contributed by atoms with van der Waals surface area (Å²) in [7, 11) is 0. The molecule has 0 radical (unpaired) electrons. The second kappa shape index (κ2) is 3.76. The number of piperidine rings is 1. The molecule has 2 bridgehead atoms. The van der Waals surface area contributed by atoms with Gasteiger partial charge in [-0.15, -0.1) is 0 Å². The first-order chi connectivity index (χ1) is 8.15. The van der Waals surface area contributed by atoms with Crippen LogP contribution in [0.25, 0.3) is 0 Å². The van der Waals surface area contributed by atoms with Gasteiger partial charge in [0.25, 0.3) is 0 Å². The predicted octanol–water partition coefficient (Wildman–Crippen LogP) is 2.46. The number of nitrogens with zero attached hydrogens (tertiary/aromatic N) is 1. The van der Waals surface area contributed by atoms with Gasteiger partial charge in [-0.2, -0.15) is 0 Å². The molecule has 2 unspecified atom stereocenters. The van der Waals surface area contributed by atoms with Crippen LogP contribution in [-0.4, -0.2) is 18.4 Å². The van der Waals surface area contributed by atoms with Gasteiger partial charge in [0.15, 0.2) is 5.78 Å². The molecule has 3 heteroatoms. The first-order valence-electron chi connectivity index (χ1n) is 6.32. The Kier molecular flexibility index (Phi) is 2.35. The monoisotopic (exact) mass is 230 g/mol. The third-order valence-electron chi connectivity index (χ3n) is 4.16. The van der Waals surface area contributed by atoms with E-state index in [0.717, 1.165) is 12.5 Å². The van der Waals surface area contributed by atoms with Crippen LogP contribution >= 0.6 is 0 Å². The van der Waals surface area contributed by atoms with Crippen LogP contribution < -0.4 is 10.6 Å². The van der Waals surface area contributed by atoms with Crippen molar-refractivity contribution in [1.29, 1.82) is 0 Å². The average molecular weight is 230 g/mol. The van der Waals surface area contributed by atoms with E-state index in [4.69, 9.17) is 5.73 Å². The van der Waals surface area contributed by atoms with Gasteiger partial charge in [0, 0.05) is 29.5 Å². The lowest BCUT2D eigenvalue weighted by atomic mass is 10.1. The van der Waals surface area contributed by atoms with Gasteiger partial charge in [-0.05, 0) is 50.3 Å². The maximum absolute atomic E-state index is 11.3. The Bertz CT molecular complexity index is 469. The molecule has 1 aliphatic carbocycles. The quantitative estimate of drug-likeness (QED) is 0.627. The number of rotatable bonds is 2. The van der Waals surface area contributed by atoms with Crippen molar-refractivity contribution in [3.63, 3.8) is 0 Å². The summed E-state index contributed by atoms with van der Waals surface area (Å²) in [6, 6.07) is 6.55. The molecule has 0 amide bonds. The van der Waals surface area contributed by atoms with E-state index in [-0.39, 0.29) is 5.78 Å². The van der Waals surface area contributed by atoms with E-state index in [1.165, 1.54) is 24.9 Å². The first-order valence-corrected chi connectivity index (χ1v) is 6.32. The molecule has 1 aliphatic heterocycles. The Balaban J connectivity index is 1.89. The van der Waals surface area contributed by atoms with Crippen LogP contribution in [0.5, 0.6) is 0 Å². The summed E-state index contributed by atoms with van der Waals surface area (Å²) in [5.74, 6) is 0.908. The summed E-state index contributed by atoms with van der Waals surface area (Å²) in [5.41, 5.74) is 8.37. The van der Waals surface area contributed by atoms with Crippen molar-refractivity contribution in [2.24, 2.45) is 5.92 Å². The topological polar surface area (TPSA) is 46.3 Å². The maximum Gasteiger partial charge on any atom is 0.161 e. The van der Waals surface area contributed by atoms with Crippen LogP contribution in [0.3, 0.4) is 0 Å². The van der Waals surface area contributed by atoms with Crippen molar-refractivity contribution >= 4 is 17.2 Å². The van der Waals surface area contributed by atoms with E-state index in [1.54, 1.807) is 6.92 Å². The van der Waals surface area contributed by atoms with Gasteiger partial charge in [-0.3, -0.25) is 4.79 Å². The summed E-state index contributed by atoms with van der Waals surface area (Å²) < 4.78 is 0. The Morgan fingerprint density at radius 3 is 2.76 bits per heavy atom. The smallest absolute Gasteiger partial charge is 0.161 e. The van der Waals surface area contributed by atoms with Crippen LogP contribution in [0.15, 0.2) is 18.2 Å². The van der Waals surface area contributed by atoms with Crippen LogP contribution in [0.2, 0.25) is 0 Å². The van der Waals surface area contributed by atoms with Gasteiger partial charge in [0.05, 0.1) is 0 Å². The molecule has 2 fully saturated rings. The lowest BCUT2D eigenvalue weighted by Crippen LogP contribution is -2.31. The normalized spacial score (nSPS) is 26.5. The molecule has 1 aromatic carbocycles. The SMILES string of the molecule is CC(=O)c1ccc(N2CC3CCC2C3)cc1N. The zero-order valence-corrected chi connectivity index (χ0v) is 10.1. The van der Waals surface area contributed by atoms with Gasteiger partial charge in [0.1, 0.15) is 0 Å². The average Bonchev–Trinajstić information content (AvgIpc) is 2.89. The highest BCUT2D eigenvalue weighted by Crippen LogP contribution is 2.40. The summed E-state index contributed by atoms with van der Waals surface area (Å²) in [6.07, 6.45) is 4.01. The van der Waals surface area contributed by atoms with Crippen LogP contribution in [0.1, 0.15) is 36.5 Å². The van der Waals surface area contributed by atoms with Crippen LogP contribution in [0, 0.1) is 5.92 Å². The third-order valence-corrected chi connectivity index (χ3v) is 4.16. The van der Waals surface area contributed by atoms with E-state index < -0.39 is 0 Å². The lowest BCUT2D eigenvalue weighted by molar-refractivity contribution is 0.101. The number of fused-ring (bicyclic) bond motifs is 2. The largest absolute Gasteiger partial charge is 0.398 e. The van der Waals surface area contributed by atoms with Crippen molar-refractivity contribution in [2.75, 3.05) is 17.2 Å². The zero-order valence-electron chi connectivity index (χ0n) is 10.1. The Morgan fingerprint density at radius 1 is 1.41 bits per heavy atom. The first kappa shape index (κ1) is 10.6. The molecule has 90 valence electrons. The number of anilines is 2. The number of hydrogen-bond acceptors (Lipinski definition) is 3. The molecule has 0 spiro atoms. The Morgan fingerprint density at radius 2 is 2.24 bits per heavy atom. The number of ketones is 1. The standard InChI is InChI=1S/C14H18N2O/c1-9(17)13-5-4-12(7-14(13)15)16-8-10-2-3-11(16)6-10/h4-5,7,10-11H,2-3,6,8,15H2,1H3. The number of carbonyl (C=O) groups is 1. The highest BCUT2D eigenvalue weighted by Gasteiger charge is 2.37. The molecular weight excluding hydrogens is 212 g/mol. The number of nitrogens with two attached hydrogens (primary N) is 1. The van der Waals surface area contributed by atoms with Gasteiger partial charge < -0.3 is 10.6 Å². The second-order valence-corrected chi connectivity index (χ2v) is 5.31. The van der Waals surface area contributed by atoms with E-state index >= 15 is 0 Å². The number of carbonyl (C=O) groups excluding carboxylic acids is 1. The summed E-state index contributed by atoms with van der Waals surface area (Å²) in [5, 5.41) is 0. The fourth-order valence-electron chi connectivity index (χ4n) is 3.29. The molecule has 1 saturated heterocycles. The molecule has 0 aromatic heterocycles.